The third-order valence-corrected chi connectivity index (χ3v) is 8.50. The van der Waals surface area contributed by atoms with E-state index < -0.39 is 27.7 Å². The molecule has 1 atom stereocenters. The van der Waals surface area contributed by atoms with Crippen molar-refractivity contribution in [2.45, 2.75) is 49.7 Å². The Morgan fingerprint density at radius 1 is 1.12 bits per heavy atom. The smallest absolute Gasteiger partial charge is 0.302 e. The first-order chi connectivity index (χ1) is 16.2. The van der Waals surface area contributed by atoms with Crippen LogP contribution in [0.4, 0.5) is 0 Å². The lowest BCUT2D eigenvalue weighted by Gasteiger charge is -2.44. The van der Waals surface area contributed by atoms with E-state index in [1.165, 1.54) is 11.2 Å². The van der Waals surface area contributed by atoms with Crippen LogP contribution in [0.25, 0.3) is 0 Å². The SMILES string of the molecule is CC(=O)OCCN1C(=O)C(Cc2ccccc2)NC12CCN(S(=O)(=O)c1cccc(C)c1)CC2. The number of esters is 1. The number of ether oxygens (including phenoxy) is 1. The molecule has 1 amide bonds. The van der Waals surface area contributed by atoms with Gasteiger partial charge >= 0.3 is 5.97 Å². The van der Waals surface area contributed by atoms with Gasteiger partial charge in [0.15, 0.2) is 0 Å². The lowest BCUT2D eigenvalue weighted by atomic mass is 9.97. The van der Waals surface area contributed by atoms with Gasteiger partial charge < -0.3 is 9.64 Å². The lowest BCUT2D eigenvalue weighted by Crippen LogP contribution is -2.60. The largest absolute Gasteiger partial charge is 0.464 e. The van der Waals surface area contributed by atoms with E-state index in [0.717, 1.165) is 11.1 Å². The molecule has 1 unspecified atom stereocenters. The zero-order chi connectivity index (χ0) is 24.3. The second-order valence-electron chi connectivity index (χ2n) is 8.97. The molecular weight excluding hydrogens is 454 g/mol. The maximum Gasteiger partial charge on any atom is 0.302 e. The minimum atomic E-state index is -3.62. The van der Waals surface area contributed by atoms with Gasteiger partial charge in [0.2, 0.25) is 15.9 Å². The van der Waals surface area contributed by atoms with Crippen molar-refractivity contribution in [1.82, 2.24) is 14.5 Å². The van der Waals surface area contributed by atoms with Crippen LogP contribution in [0.2, 0.25) is 0 Å². The third-order valence-electron chi connectivity index (χ3n) is 6.60. The Morgan fingerprint density at radius 2 is 1.82 bits per heavy atom. The molecule has 182 valence electrons. The number of nitrogens with zero attached hydrogens (tertiary/aromatic N) is 2. The number of sulfonamides is 1. The van der Waals surface area contributed by atoms with Crippen LogP contribution in [0.5, 0.6) is 0 Å². The van der Waals surface area contributed by atoms with E-state index in [4.69, 9.17) is 4.74 Å². The van der Waals surface area contributed by atoms with Crippen LogP contribution in [-0.4, -0.2) is 67.4 Å². The van der Waals surface area contributed by atoms with Gasteiger partial charge in [0.25, 0.3) is 0 Å². The Hall–Kier alpha value is -2.75. The first-order valence-corrected chi connectivity index (χ1v) is 13.0. The van der Waals surface area contributed by atoms with E-state index in [1.54, 1.807) is 23.1 Å². The minimum absolute atomic E-state index is 0.0500. The number of carbonyl (C=O) groups excluding carboxylic acids is 2. The molecule has 4 rings (SSSR count). The number of aryl methyl sites for hydroxylation is 1. The van der Waals surface area contributed by atoms with Gasteiger partial charge in [-0.25, -0.2) is 8.42 Å². The number of nitrogens with one attached hydrogen (secondary N) is 1. The summed E-state index contributed by atoms with van der Waals surface area (Å²) in [6.07, 6.45) is 1.45. The third kappa shape index (κ3) is 5.01. The van der Waals surface area contributed by atoms with E-state index >= 15 is 0 Å². The molecule has 2 saturated heterocycles. The van der Waals surface area contributed by atoms with Gasteiger partial charge in [-0.3, -0.25) is 14.9 Å². The van der Waals surface area contributed by atoms with Gasteiger partial charge in [-0.1, -0.05) is 42.5 Å². The summed E-state index contributed by atoms with van der Waals surface area (Å²) in [6, 6.07) is 16.3. The maximum absolute atomic E-state index is 13.4. The van der Waals surface area contributed by atoms with E-state index in [0.29, 0.717) is 32.4 Å². The molecule has 2 heterocycles. The predicted molar refractivity (Wildman–Crippen MR) is 127 cm³/mol. The Morgan fingerprint density at radius 3 is 2.47 bits per heavy atom. The highest BCUT2D eigenvalue weighted by atomic mass is 32.2. The second kappa shape index (κ2) is 9.85. The number of carbonyl (C=O) groups is 2. The van der Waals surface area contributed by atoms with Crippen molar-refractivity contribution in [3.63, 3.8) is 0 Å². The van der Waals surface area contributed by atoms with Crippen LogP contribution in [0.3, 0.4) is 0 Å². The van der Waals surface area contributed by atoms with Crippen molar-refractivity contribution in [2.75, 3.05) is 26.2 Å². The molecule has 2 aliphatic heterocycles. The Labute approximate surface area is 200 Å². The number of amides is 1. The quantitative estimate of drug-likeness (QED) is 0.604. The summed E-state index contributed by atoms with van der Waals surface area (Å²) >= 11 is 0. The van der Waals surface area contributed by atoms with Gasteiger partial charge in [0.1, 0.15) is 6.61 Å². The number of rotatable bonds is 7. The van der Waals surface area contributed by atoms with Crippen molar-refractivity contribution in [2.24, 2.45) is 0 Å². The molecule has 0 aromatic heterocycles. The van der Waals surface area contributed by atoms with Crippen molar-refractivity contribution in [3.05, 3.63) is 65.7 Å². The van der Waals surface area contributed by atoms with Crippen molar-refractivity contribution in [3.8, 4) is 0 Å². The zero-order valence-electron chi connectivity index (χ0n) is 19.6. The van der Waals surface area contributed by atoms with Crippen LogP contribution in [-0.2, 0) is 30.8 Å². The maximum atomic E-state index is 13.4. The van der Waals surface area contributed by atoms with Crippen LogP contribution in [0, 0.1) is 6.92 Å². The second-order valence-corrected chi connectivity index (χ2v) is 10.9. The predicted octanol–water partition coefficient (Wildman–Crippen LogP) is 2.08. The fourth-order valence-corrected chi connectivity index (χ4v) is 6.44. The Balaban J connectivity index is 1.52. The zero-order valence-corrected chi connectivity index (χ0v) is 20.4. The molecule has 2 aliphatic rings. The summed E-state index contributed by atoms with van der Waals surface area (Å²) in [4.78, 5) is 26.7. The molecule has 34 heavy (non-hydrogen) atoms. The highest BCUT2D eigenvalue weighted by Gasteiger charge is 2.52. The molecule has 8 nitrogen and oxygen atoms in total. The van der Waals surface area contributed by atoms with Crippen molar-refractivity contribution in [1.29, 1.82) is 0 Å². The van der Waals surface area contributed by atoms with Crippen molar-refractivity contribution >= 4 is 21.9 Å². The van der Waals surface area contributed by atoms with Gasteiger partial charge in [0.05, 0.1) is 23.1 Å². The van der Waals surface area contributed by atoms with E-state index in [2.05, 4.69) is 5.32 Å². The normalized spacial score (nSPS) is 20.6. The molecule has 1 N–H and O–H groups in total. The molecular formula is C25H31N3O5S. The van der Waals surface area contributed by atoms with Gasteiger partial charge in [-0.05, 0) is 49.4 Å². The van der Waals surface area contributed by atoms with E-state index in [9.17, 15) is 18.0 Å². The van der Waals surface area contributed by atoms with Gasteiger partial charge in [-0.2, -0.15) is 4.31 Å². The first kappa shape index (κ1) is 24.4. The monoisotopic (exact) mass is 485 g/mol. The highest BCUT2D eigenvalue weighted by molar-refractivity contribution is 7.89. The van der Waals surface area contributed by atoms with Crippen LogP contribution in [0.15, 0.2) is 59.5 Å². The van der Waals surface area contributed by atoms with Gasteiger partial charge in [-0.15, -0.1) is 0 Å². The number of piperidine rings is 1. The molecule has 1 spiro atoms. The van der Waals surface area contributed by atoms with Gasteiger partial charge in [0, 0.05) is 20.0 Å². The lowest BCUT2D eigenvalue weighted by molar-refractivity contribution is -0.144. The topological polar surface area (TPSA) is 96.0 Å². The summed E-state index contributed by atoms with van der Waals surface area (Å²) in [5.74, 6) is -0.445. The van der Waals surface area contributed by atoms with Crippen LogP contribution < -0.4 is 5.32 Å². The van der Waals surface area contributed by atoms with E-state index in [-0.39, 0.29) is 24.0 Å². The molecule has 0 aliphatic carbocycles. The molecule has 0 radical (unpaired) electrons. The Bertz CT molecular complexity index is 1140. The van der Waals surface area contributed by atoms with Crippen LogP contribution >= 0.6 is 0 Å². The summed E-state index contributed by atoms with van der Waals surface area (Å²) in [5.41, 5.74) is 1.26. The number of hydrogen-bond donors (Lipinski definition) is 1. The average Bonchev–Trinajstić information content (AvgIpc) is 3.05. The number of hydrogen-bond acceptors (Lipinski definition) is 6. The fourth-order valence-electron chi connectivity index (χ4n) is 4.89. The minimum Gasteiger partial charge on any atom is -0.464 e. The van der Waals surface area contributed by atoms with E-state index in [1.807, 2.05) is 43.3 Å². The Kier molecular flexibility index (Phi) is 7.06. The molecule has 2 fully saturated rings. The first-order valence-electron chi connectivity index (χ1n) is 11.5. The molecule has 2 aromatic carbocycles. The molecule has 0 saturated carbocycles. The average molecular weight is 486 g/mol. The standard InChI is InChI=1S/C25H31N3O5S/c1-19-7-6-10-22(17-19)34(31,32)27-13-11-25(12-14-27)26-23(18-21-8-4-3-5-9-21)24(30)28(25)15-16-33-20(2)29/h3-10,17,23,26H,11-16,18H2,1-2H3. The fraction of sp³-hybridized carbons (Fsp3) is 0.440. The molecule has 2 aromatic rings. The summed E-state index contributed by atoms with van der Waals surface area (Å²) in [7, 11) is -3.62. The number of benzene rings is 2. The summed E-state index contributed by atoms with van der Waals surface area (Å²) in [5, 5.41) is 3.53. The van der Waals surface area contributed by atoms with Crippen molar-refractivity contribution < 1.29 is 22.7 Å². The highest BCUT2D eigenvalue weighted by Crippen LogP contribution is 2.35. The molecule has 9 heteroatoms. The summed E-state index contributed by atoms with van der Waals surface area (Å²) < 4.78 is 33.0. The summed E-state index contributed by atoms with van der Waals surface area (Å²) in [6.45, 7) is 4.16. The molecule has 0 bridgehead atoms. The van der Waals surface area contributed by atoms with Crippen LogP contribution in [0.1, 0.15) is 30.9 Å².